The topological polar surface area (TPSA) is 89.9 Å². The Hall–Kier alpha value is -0.660. The van der Waals surface area contributed by atoms with E-state index >= 15 is 0 Å². The first-order valence-corrected chi connectivity index (χ1v) is 4.34. The molecule has 0 atom stereocenters. The summed E-state index contributed by atoms with van der Waals surface area (Å²) in [5, 5.41) is 0. The van der Waals surface area contributed by atoms with E-state index in [1.54, 1.807) is 6.92 Å². The van der Waals surface area contributed by atoms with Crippen LogP contribution in [0, 0.1) is 0 Å². The van der Waals surface area contributed by atoms with E-state index in [0.29, 0.717) is 0 Å². The molecule has 6 nitrogen and oxygen atoms in total. The molecule has 0 bridgehead atoms. The van der Waals surface area contributed by atoms with Crippen LogP contribution in [0.2, 0.25) is 0 Å². The number of rotatable bonds is 4. The fraction of sp³-hybridized carbons (Fsp3) is 0.750. The van der Waals surface area contributed by atoms with Gasteiger partial charge in [-0.05, 0) is 6.92 Å². The molecule has 0 unspecified atom stereocenters. The fourth-order valence-corrected chi connectivity index (χ4v) is 0.644. The molecule has 0 rings (SSSR count). The van der Waals surface area contributed by atoms with Crippen molar-refractivity contribution in [2.24, 2.45) is 0 Å². The maximum atomic E-state index is 10.3. The van der Waals surface area contributed by atoms with Gasteiger partial charge in [0.25, 0.3) is 10.1 Å². The summed E-state index contributed by atoms with van der Waals surface area (Å²) in [6, 6.07) is 0. The molecule has 0 aliphatic rings. The first-order chi connectivity index (χ1) is 4.95. The fourth-order valence-electron chi connectivity index (χ4n) is 0.298. The predicted octanol–water partition coefficient (Wildman–Crippen LogP) is -0.631. The summed E-state index contributed by atoms with van der Waals surface area (Å²) in [5.74, 6) is -2.23. The Morgan fingerprint density at radius 2 is 2.09 bits per heavy atom. The summed E-state index contributed by atoms with van der Waals surface area (Å²) >= 11 is 0. The second kappa shape index (κ2) is 4.27. The Bertz CT molecular complexity index is 217. The van der Waals surface area contributed by atoms with E-state index in [4.69, 9.17) is 4.55 Å². The molecule has 66 valence electrons. The molecule has 0 aromatic heterocycles. The van der Waals surface area contributed by atoms with Crippen LogP contribution < -0.4 is 0 Å². The maximum absolute atomic E-state index is 10.3. The Labute approximate surface area is 63.8 Å². The van der Waals surface area contributed by atoms with E-state index in [2.05, 4.69) is 9.78 Å². The van der Waals surface area contributed by atoms with Crippen LogP contribution in [0.4, 0.5) is 0 Å². The highest BCUT2D eigenvalue weighted by Gasteiger charge is 2.14. The molecule has 0 heterocycles. The molecule has 0 amide bonds. The van der Waals surface area contributed by atoms with Gasteiger partial charge < -0.3 is 0 Å². The predicted molar refractivity (Wildman–Crippen MR) is 34.1 cm³/mol. The first kappa shape index (κ1) is 10.3. The van der Waals surface area contributed by atoms with Gasteiger partial charge in [0.15, 0.2) is 5.75 Å². The molecule has 0 spiro atoms. The van der Waals surface area contributed by atoms with Crippen LogP contribution in [-0.4, -0.2) is 31.3 Å². The van der Waals surface area contributed by atoms with Crippen molar-refractivity contribution in [3.63, 3.8) is 0 Å². The average molecular weight is 184 g/mol. The van der Waals surface area contributed by atoms with E-state index in [0.717, 1.165) is 0 Å². The zero-order chi connectivity index (χ0) is 8.91. The molecule has 11 heavy (non-hydrogen) atoms. The molecule has 1 N–H and O–H groups in total. The van der Waals surface area contributed by atoms with Crippen LogP contribution in [0.3, 0.4) is 0 Å². The minimum atomic E-state index is -4.31. The minimum absolute atomic E-state index is 0.122. The van der Waals surface area contributed by atoms with Crippen molar-refractivity contribution in [3.05, 3.63) is 0 Å². The maximum Gasteiger partial charge on any atom is 0.359 e. The molecule has 0 aromatic rings. The monoisotopic (exact) mass is 184 g/mol. The third kappa shape index (κ3) is 7.23. The van der Waals surface area contributed by atoms with Gasteiger partial charge in [0, 0.05) is 0 Å². The van der Waals surface area contributed by atoms with Crippen molar-refractivity contribution in [3.8, 4) is 0 Å². The van der Waals surface area contributed by atoms with Crippen LogP contribution in [0.25, 0.3) is 0 Å². The third-order valence-electron chi connectivity index (χ3n) is 0.570. The number of hydrogen-bond donors (Lipinski definition) is 1. The standard InChI is InChI=1S/C4H8O6S/c1-2-9-10-4(5)3-11(6,7)8/h2-3H2,1H3,(H,6,7,8). The Morgan fingerprint density at radius 3 is 2.45 bits per heavy atom. The van der Waals surface area contributed by atoms with Gasteiger partial charge in [0.05, 0.1) is 6.61 Å². The Balaban J connectivity index is 3.71. The Kier molecular flexibility index (Phi) is 4.01. The highest BCUT2D eigenvalue weighted by molar-refractivity contribution is 7.86. The minimum Gasteiger partial charge on any atom is -0.297 e. The molecule has 0 aliphatic heterocycles. The first-order valence-electron chi connectivity index (χ1n) is 2.73. The van der Waals surface area contributed by atoms with Crippen molar-refractivity contribution in [2.45, 2.75) is 6.92 Å². The second-order valence-corrected chi connectivity index (χ2v) is 3.04. The van der Waals surface area contributed by atoms with Gasteiger partial charge in [0.1, 0.15) is 0 Å². The Morgan fingerprint density at radius 1 is 1.55 bits per heavy atom. The van der Waals surface area contributed by atoms with Crippen molar-refractivity contribution >= 4 is 16.1 Å². The molecule has 0 aliphatic carbocycles. The van der Waals surface area contributed by atoms with Gasteiger partial charge in [-0.25, -0.2) is 4.79 Å². The van der Waals surface area contributed by atoms with Crippen LogP contribution in [0.15, 0.2) is 0 Å². The highest BCUT2D eigenvalue weighted by Crippen LogP contribution is 1.86. The van der Waals surface area contributed by atoms with Gasteiger partial charge in [-0.1, -0.05) is 0 Å². The van der Waals surface area contributed by atoms with Gasteiger partial charge in [-0.3, -0.25) is 9.44 Å². The van der Waals surface area contributed by atoms with Crippen LogP contribution in [0.1, 0.15) is 6.92 Å². The molecule has 0 fully saturated rings. The lowest BCUT2D eigenvalue weighted by Gasteiger charge is -1.97. The zero-order valence-corrected chi connectivity index (χ0v) is 6.63. The molecule has 7 heteroatoms. The normalized spacial score (nSPS) is 11.1. The van der Waals surface area contributed by atoms with Gasteiger partial charge in [-0.15, -0.1) is 0 Å². The summed E-state index contributed by atoms with van der Waals surface area (Å²) in [5.41, 5.74) is 0. The molecule has 0 saturated carbocycles. The third-order valence-corrected chi connectivity index (χ3v) is 1.17. The largest absolute Gasteiger partial charge is 0.359 e. The van der Waals surface area contributed by atoms with E-state index in [9.17, 15) is 13.2 Å². The van der Waals surface area contributed by atoms with E-state index in [1.807, 2.05) is 0 Å². The molecule has 0 radical (unpaired) electrons. The second-order valence-electron chi connectivity index (χ2n) is 1.59. The summed E-state index contributed by atoms with van der Waals surface area (Å²) in [6.07, 6.45) is 0. The lowest BCUT2D eigenvalue weighted by atomic mass is 10.8. The molecule has 0 aromatic carbocycles. The molecular weight excluding hydrogens is 176 g/mol. The smallest absolute Gasteiger partial charge is 0.297 e. The molecule has 0 saturated heterocycles. The lowest BCUT2D eigenvalue weighted by Crippen LogP contribution is -2.17. The van der Waals surface area contributed by atoms with E-state index in [-0.39, 0.29) is 6.61 Å². The summed E-state index contributed by atoms with van der Waals surface area (Å²) in [4.78, 5) is 18.3. The summed E-state index contributed by atoms with van der Waals surface area (Å²) < 4.78 is 28.1. The number of hydrogen-bond acceptors (Lipinski definition) is 5. The van der Waals surface area contributed by atoms with E-state index in [1.165, 1.54) is 0 Å². The number of carbonyl (C=O) groups excluding carboxylic acids is 1. The van der Waals surface area contributed by atoms with Crippen LogP contribution in [0.5, 0.6) is 0 Å². The SMILES string of the molecule is CCOOC(=O)CS(=O)(=O)O. The average Bonchev–Trinajstić information content (AvgIpc) is 1.79. The van der Waals surface area contributed by atoms with Crippen molar-refractivity contribution in [1.29, 1.82) is 0 Å². The van der Waals surface area contributed by atoms with E-state index < -0.39 is 21.8 Å². The zero-order valence-electron chi connectivity index (χ0n) is 5.81. The molecular formula is C4H8O6S. The van der Waals surface area contributed by atoms with Crippen molar-refractivity contribution < 1.29 is 27.5 Å². The summed E-state index contributed by atoms with van der Waals surface area (Å²) in [6.45, 7) is 1.68. The lowest BCUT2D eigenvalue weighted by molar-refractivity contribution is -0.267. The highest BCUT2D eigenvalue weighted by atomic mass is 32.2. The van der Waals surface area contributed by atoms with Crippen molar-refractivity contribution in [1.82, 2.24) is 0 Å². The van der Waals surface area contributed by atoms with Crippen LogP contribution >= 0.6 is 0 Å². The quantitative estimate of drug-likeness (QED) is 0.355. The van der Waals surface area contributed by atoms with Crippen molar-refractivity contribution in [2.75, 3.05) is 12.4 Å². The van der Waals surface area contributed by atoms with Crippen LogP contribution in [-0.2, 0) is 24.7 Å². The van der Waals surface area contributed by atoms with Gasteiger partial charge >= 0.3 is 5.97 Å². The van der Waals surface area contributed by atoms with Gasteiger partial charge in [-0.2, -0.15) is 13.3 Å². The number of carbonyl (C=O) groups is 1. The summed E-state index contributed by atoms with van der Waals surface area (Å²) in [7, 11) is -4.31. The van der Waals surface area contributed by atoms with Gasteiger partial charge in [0.2, 0.25) is 0 Å².